The molecule has 0 bridgehead atoms. The van der Waals surface area contributed by atoms with E-state index in [4.69, 9.17) is 9.47 Å². The van der Waals surface area contributed by atoms with Crippen molar-refractivity contribution < 1.29 is 19.1 Å². The number of nitrogens with zero attached hydrogens (tertiary/aromatic N) is 1. The van der Waals surface area contributed by atoms with Crippen LogP contribution >= 0.6 is 0 Å². The molecule has 0 saturated heterocycles. The van der Waals surface area contributed by atoms with Gasteiger partial charge in [-0.25, -0.2) is 4.79 Å². The lowest BCUT2D eigenvalue weighted by molar-refractivity contribution is 0.104. The number of allylic oxidation sites excluding steroid dienone is 1. The Bertz CT molecular complexity index is 781. The highest BCUT2D eigenvalue weighted by atomic mass is 16.6. The molecule has 1 N–H and O–H groups in total. The summed E-state index contributed by atoms with van der Waals surface area (Å²) in [5, 5.41) is 2.35. The van der Waals surface area contributed by atoms with Gasteiger partial charge in [-0.1, -0.05) is 18.2 Å². The maximum Gasteiger partial charge on any atom is 0.406 e. The number of rotatable bonds is 8. The molecule has 2 aromatic carbocycles. The molecular formula is C21H24N2O4. The molecule has 0 spiro atoms. The molecule has 6 nitrogen and oxygen atoms in total. The lowest BCUT2D eigenvalue weighted by atomic mass is 10.1. The molecule has 2 rings (SSSR count). The Hall–Kier alpha value is -3.28. The van der Waals surface area contributed by atoms with E-state index in [-0.39, 0.29) is 19.0 Å². The number of ketones is 1. The van der Waals surface area contributed by atoms with E-state index in [0.29, 0.717) is 11.3 Å². The molecule has 27 heavy (non-hydrogen) atoms. The molecule has 0 radical (unpaired) electrons. The number of hydrogen-bond acceptors (Lipinski definition) is 5. The standard InChI is InChI=1S/C21H24N2O4/c1-22-21(25)27-15-14-26-19-11-7-17(8-12-19)20(24)13-6-16-4-9-18(10-5-16)23(2)3/h4-13H,14-15H2,1-3H3,(H,22,25). The van der Waals surface area contributed by atoms with Crippen LogP contribution in [0.5, 0.6) is 5.75 Å². The normalized spacial score (nSPS) is 10.5. The number of carbonyl (C=O) groups is 2. The number of amides is 1. The first kappa shape index (κ1) is 20.0. The zero-order valence-electron chi connectivity index (χ0n) is 15.8. The Morgan fingerprint density at radius 3 is 2.26 bits per heavy atom. The van der Waals surface area contributed by atoms with Crippen LogP contribution in [0, 0.1) is 0 Å². The first-order valence-electron chi connectivity index (χ1n) is 8.57. The van der Waals surface area contributed by atoms with Crippen LogP contribution in [0.25, 0.3) is 6.08 Å². The van der Waals surface area contributed by atoms with Crippen molar-refractivity contribution in [1.29, 1.82) is 0 Å². The second-order valence-electron chi connectivity index (χ2n) is 5.94. The summed E-state index contributed by atoms with van der Waals surface area (Å²) in [6, 6.07) is 14.8. The minimum atomic E-state index is -0.498. The number of ether oxygens (including phenoxy) is 2. The van der Waals surface area contributed by atoms with Gasteiger partial charge in [0.2, 0.25) is 0 Å². The smallest absolute Gasteiger partial charge is 0.406 e. The van der Waals surface area contributed by atoms with Gasteiger partial charge in [-0.05, 0) is 48.0 Å². The van der Waals surface area contributed by atoms with E-state index in [1.807, 2.05) is 43.3 Å². The minimum absolute atomic E-state index is 0.0822. The first-order chi connectivity index (χ1) is 13.0. The molecule has 0 aromatic heterocycles. The Kier molecular flexibility index (Phi) is 7.43. The molecule has 0 saturated carbocycles. The van der Waals surface area contributed by atoms with Gasteiger partial charge < -0.3 is 19.7 Å². The number of hydrogen-bond donors (Lipinski definition) is 1. The van der Waals surface area contributed by atoms with Crippen LogP contribution in [0.3, 0.4) is 0 Å². The van der Waals surface area contributed by atoms with Crippen molar-refractivity contribution in [3.05, 3.63) is 65.7 Å². The van der Waals surface area contributed by atoms with Gasteiger partial charge in [0.15, 0.2) is 5.78 Å². The summed E-state index contributed by atoms with van der Waals surface area (Å²) >= 11 is 0. The number of carbonyl (C=O) groups excluding carboxylic acids is 2. The molecule has 0 heterocycles. The van der Waals surface area contributed by atoms with E-state index in [9.17, 15) is 9.59 Å². The van der Waals surface area contributed by atoms with Crippen molar-refractivity contribution in [3.8, 4) is 5.75 Å². The van der Waals surface area contributed by atoms with Crippen molar-refractivity contribution >= 4 is 23.6 Å². The van der Waals surface area contributed by atoms with Gasteiger partial charge >= 0.3 is 6.09 Å². The molecule has 0 atom stereocenters. The maximum absolute atomic E-state index is 12.3. The summed E-state index contributed by atoms with van der Waals surface area (Å²) in [6.07, 6.45) is 2.85. The van der Waals surface area contributed by atoms with E-state index in [1.54, 1.807) is 36.4 Å². The minimum Gasteiger partial charge on any atom is -0.490 e. The second-order valence-corrected chi connectivity index (χ2v) is 5.94. The van der Waals surface area contributed by atoms with E-state index in [0.717, 1.165) is 11.3 Å². The monoisotopic (exact) mass is 368 g/mol. The van der Waals surface area contributed by atoms with E-state index in [2.05, 4.69) is 5.32 Å². The fourth-order valence-electron chi connectivity index (χ4n) is 2.23. The predicted octanol–water partition coefficient (Wildman–Crippen LogP) is 3.38. The molecule has 142 valence electrons. The fourth-order valence-corrected chi connectivity index (χ4v) is 2.23. The molecule has 0 aliphatic carbocycles. The lowest BCUT2D eigenvalue weighted by Crippen LogP contribution is -2.21. The lowest BCUT2D eigenvalue weighted by Gasteiger charge is -2.11. The SMILES string of the molecule is CNC(=O)OCCOc1ccc(C(=O)C=Cc2ccc(N(C)C)cc2)cc1. The first-order valence-corrected chi connectivity index (χ1v) is 8.57. The molecule has 6 heteroatoms. The number of anilines is 1. The fraction of sp³-hybridized carbons (Fsp3) is 0.238. The summed E-state index contributed by atoms with van der Waals surface area (Å²) in [5.74, 6) is 0.525. The second kappa shape index (κ2) is 10.0. The predicted molar refractivity (Wildman–Crippen MR) is 106 cm³/mol. The van der Waals surface area contributed by atoms with Crippen LogP contribution in [0.4, 0.5) is 10.5 Å². The molecule has 0 unspecified atom stereocenters. The van der Waals surface area contributed by atoms with Gasteiger partial charge in [-0.3, -0.25) is 4.79 Å². The maximum atomic E-state index is 12.3. The van der Waals surface area contributed by atoms with Crippen molar-refractivity contribution in [2.24, 2.45) is 0 Å². The van der Waals surface area contributed by atoms with Gasteiger partial charge in [0.1, 0.15) is 19.0 Å². The van der Waals surface area contributed by atoms with Crippen molar-refractivity contribution in [1.82, 2.24) is 5.32 Å². The highest BCUT2D eigenvalue weighted by molar-refractivity contribution is 6.06. The molecule has 2 aromatic rings. The van der Waals surface area contributed by atoms with Gasteiger partial charge in [0.25, 0.3) is 0 Å². The van der Waals surface area contributed by atoms with E-state index < -0.39 is 6.09 Å². The average Bonchev–Trinajstić information content (AvgIpc) is 2.70. The van der Waals surface area contributed by atoms with Crippen LogP contribution in [-0.4, -0.2) is 46.2 Å². The number of benzene rings is 2. The molecule has 0 fully saturated rings. The summed E-state index contributed by atoms with van der Waals surface area (Å²) in [5.41, 5.74) is 2.64. The summed E-state index contributed by atoms with van der Waals surface area (Å²) in [6.45, 7) is 0.388. The van der Waals surface area contributed by atoms with Crippen LogP contribution in [-0.2, 0) is 4.74 Å². The van der Waals surface area contributed by atoms with Gasteiger partial charge in [0.05, 0.1) is 0 Å². The Morgan fingerprint density at radius 2 is 1.67 bits per heavy atom. The van der Waals surface area contributed by atoms with Gasteiger partial charge in [0, 0.05) is 32.4 Å². The van der Waals surface area contributed by atoms with Crippen molar-refractivity contribution in [3.63, 3.8) is 0 Å². The van der Waals surface area contributed by atoms with Crippen LogP contribution < -0.4 is 15.0 Å². The van der Waals surface area contributed by atoms with Gasteiger partial charge in [-0.2, -0.15) is 0 Å². The molecular weight excluding hydrogens is 344 g/mol. The van der Waals surface area contributed by atoms with Crippen LogP contribution in [0.1, 0.15) is 15.9 Å². The van der Waals surface area contributed by atoms with Crippen molar-refractivity contribution in [2.75, 3.05) is 39.3 Å². The highest BCUT2D eigenvalue weighted by Gasteiger charge is 2.03. The third kappa shape index (κ3) is 6.51. The highest BCUT2D eigenvalue weighted by Crippen LogP contribution is 2.15. The third-order valence-corrected chi connectivity index (χ3v) is 3.76. The van der Waals surface area contributed by atoms with Crippen molar-refractivity contribution in [2.45, 2.75) is 0 Å². The largest absolute Gasteiger partial charge is 0.490 e. The van der Waals surface area contributed by atoms with Crippen LogP contribution in [0.15, 0.2) is 54.6 Å². The summed E-state index contributed by atoms with van der Waals surface area (Å²) < 4.78 is 10.3. The van der Waals surface area contributed by atoms with E-state index >= 15 is 0 Å². The Balaban J connectivity index is 1.86. The summed E-state index contributed by atoms with van der Waals surface area (Å²) in [4.78, 5) is 25.2. The molecule has 0 aliphatic heterocycles. The topological polar surface area (TPSA) is 67.9 Å². The zero-order valence-corrected chi connectivity index (χ0v) is 15.8. The quantitative estimate of drug-likeness (QED) is 0.439. The Morgan fingerprint density at radius 1 is 1.00 bits per heavy atom. The number of nitrogens with one attached hydrogen (secondary N) is 1. The summed E-state index contributed by atoms with van der Waals surface area (Å²) in [7, 11) is 5.46. The average molecular weight is 368 g/mol. The third-order valence-electron chi connectivity index (χ3n) is 3.76. The van der Waals surface area contributed by atoms with Gasteiger partial charge in [-0.15, -0.1) is 0 Å². The van der Waals surface area contributed by atoms with Crippen LogP contribution in [0.2, 0.25) is 0 Å². The van der Waals surface area contributed by atoms with E-state index in [1.165, 1.54) is 7.05 Å². The zero-order chi connectivity index (χ0) is 19.6. The molecule has 0 aliphatic rings. The molecule has 1 amide bonds. The number of alkyl carbamates (subject to hydrolysis) is 1. The Labute approximate surface area is 159 Å².